The third-order valence-electron chi connectivity index (χ3n) is 4.53. The lowest BCUT2D eigenvalue weighted by molar-refractivity contribution is -0.120. The molecular formula is C18H16Cl3FN2O3S. The third-order valence-corrected chi connectivity index (χ3v) is 7.62. The Kier molecular flexibility index (Phi) is 6.51. The topological polar surface area (TPSA) is 66.5 Å². The Bertz CT molecular complexity index is 989. The number of nitrogens with zero attached hydrogens (tertiary/aromatic N) is 1. The zero-order valence-corrected chi connectivity index (χ0v) is 17.5. The Labute approximate surface area is 177 Å². The summed E-state index contributed by atoms with van der Waals surface area (Å²) in [4.78, 5) is 12.3. The van der Waals surface area contributed by atoms with E-state index in [0.29, 0.717) is 12.8 Å². The number of carbonyl (C=O) groups excluding carboxylic acids is 1. The first kappa shape index (κ1) is 21.3. The van der Waals surface area contributed by atoms with Crippen molar-refractivity contribution in [2.45, 2.75) is 17.7 Å². The SMILES string of the molecule is O=C(Nc1ccc(Cl)cc1F)C1CCN(S(=O)(=O)c2c(Cl)cccc2Cl)CC1. The molecule has 2 aromatic carbocycles. The van der Waals surface area contributed by atoms with Crippen molar-refractivity contribution in [2.75, 3.05) is 18.4 Å². The Hall–Kier alpha value is -1.38. The molecule has 0 spiro atoms. The molecular weight excluding hydrogens is 450 g/mol. The fraction of sp³-hybridized carbons (Fsp3) is 0.278. The van der Waals surface area contributed by atoms with E-state index in [4.69, 9.17) is 34.8 Å². The Morgan fingerprint density at radius 2 is 1.68 bits per heavy atom. The number of anilines is 1. The second-order valence-electron chi connectivity index (χ2n) is 6.34. The average molecular weight is 466 g/mol. The largest absolute Gasteiger partial charge is 0.323 e. The number of amides is 1. The van der Waals surface area contributed by atoms with Crippen LogP contribution in [0.3, 0.4) is 0 Å². The van der Waals surface area contributed by atoms with Gasteiger partial charge in [0.15, 0.2) is 0 Å². The summed E-state index contributed by atoms with van der Waals surface area (Å²) in [5, 5.41) is 2.85. The number of piperidine rings is 1. The molecule has 0 aliphatic carbocycles. The summed E-state index contributed by atoms with van der Waals surface area (Å²) >= 11 is 17.8. The summed E-state index contributed by atoms with van der Waals surface area (Å²) in [5.41, 5.74) is 0.0345. The van der Waals surface area contributed by atoms with Crippen LogP contribution in [0, 0.1) is 11.7 Å². The smallest absolute Gasteiger partial charge is 0.246 e. The molecule has 5 nitrogen and oxygen atoms in total. The molecule has 1 fully saturated rings. The summed E-state index contributed by atoms with van der Waals surface area (Å²) < 4.78 is 40.8. The first-order valence-corrected chi connectivity index (χ1v) is 11.0. The highest BCUT2D eigenvalue weighted by atomic mass is 35.5. The van der Waals surface area contributed by atoms with Crippen molar-refractivity contribution >= 4 is 56.4 Å². The van der Waals surface area contributed by atoms with Crippen LogP contribution in [-0.4, -0.2) is 31.7 Å². The van der Waals surface area contributed by atoms with Gasteiger partial charge in [0.05, 0.1) is 15.7 Å². The Morgan fingerprint density at radius 1 is 1.07 bits per heavy atom. The molecule has 1 aliphatic rings. The van der Waals surface area contributed by atoms with Crippen molar-refractivity contribution in [3.05, 3.63) is 57.3 Å². The van der Waals surface area contributed by atoms with Gasteiger partial charge in [0, 0.05) is 24.0 Å². The van der Waals surface area contributed by atoms with E-state index in [0.717, 1.165) is 6.07 Å². The maximum Gasteiger partial charge on any atom is 0.246 e. The van der Waals surface area contributed by atoms with Crippen molar-refractivity contribution in [1.82, 2.24) is 4.31 Å². The highest BCUT2D eigenvalue weighted by Crippen LogP contribution is 2.33. The summed E-state index contributed by atoms with van der Waals surface area (Å²) in [6.45, 7) is 0.260. The highest BCUT2D eigenvalue weighted by Gasteiger charge is 2.34. The monoisotopic (exact) mass is 464 g/mol. The standard InChI is InChI=1S/C18H16Cl3FN2O3S/c19-12-4-5-16(15(22)10-12)23-18(25)11-6-8-24(9-7-11)28(26,27)17-13(20)2-1-3-14(17)21/h1-5,10-11H,6-9H2,(H,23,25). The molecule has 3 rings (SSSR count). The fourth-order valence-corrected chi connectivity index (χ4v) is 5.76. The second kappa shape index (κ2) is 8.55. The number of halogens is 4. The van der Waals surface area contributed by atoms with Crippen LogP contribution in [-0.2, 0) is 14.8 Å². The van der Waals surface area contributed by atoms with Crippen molar-refractivity contribution in [1.29, 1.82) is 0 Å². The Balaban J connectivity index is 1.68. The fourth-order valence-electron chi connectivity index (χ4n) is 3.04. The third kappa shape index (κ3) is 4.44. The highest BCUT2D eigenvalue weighted by molar-refractivity contribution is 7.89. The first-order valence-electron chi connectivity index (χ1n) is 8.40. The Morgan fingerprint density at radius 3 is 2.25 bits per heavy atom. The van der Waals surface area contributed by atoms with E-state index in [1.165, 1.54) is 28.6 Å². The summed E-state index contributed by atoms with van der Waals surface area (Å²) in [6.07, 6.45) is 0.588. The summed E-state index contributed by atoms with van der Waals surface area (Å²) in [5.74, 6) is -1.44. The predicted molar refractivity (Wildman–Crippen MR) is 108 cm³/mol. The number of rotatable bonds is 4. The molecule has 0 saturated carbocycles. The molecule has 1 heterocycles. The van der Waals surface area contributed by atoms with Crippen molar-refractivity contribution < 1.29 is 17.6 Å². The molecule has 28 heavy (non-hydrogen) atoms. The van der Waals surface area contributed by atoms with Crippen LogP contribution in [0.15, 0.2) is 41.3 Å². The van der Waals surface area contributed by atoms with Gasteiger partial charge < -0.3 is 5.32 Å². The van der Waals surface area contributed by atoms with Gasteiger partial charge in [0.1, 0.15) is 10.7 Å². The molecule has 0 bridgehead atoms. The average Bonchev–Trinajstić information content (AvgIpc) is 2.64. The number of benzene rings is 2. The second-order valence-corrected chi connectivity index (χ2v) is 9.47. The molecule has 1 N–H and O–H groups in total. The van der Waals surface area contributed by atoms with Gasteiger partial charge in [-0.1, -0.05) is 40.9 Å². The molecule has 1 amide bonds. The lowest BCUT2D eigenvalue weighted by atomic mass is 9.97. The first-order chi connectivity index (χ1) is 13.2. The van der Waals surface area contributed by atoms with Crippen LogP contribution in [0.5, 0.6) is 0 Å². The van der Waals surface area contributed by atoms with Crippen molar-refractivity contribution in [3.8, 4) is 0 Å². The van der Waals surface area contributed by atoms with Gasteiger partial charge in [-0.15, -0.1) is 0 Å². The maximum absolute atomic E-state index is 13.8. The molecule has 1 saturated heterocycles. The molecule has 10 heteroatoms. The van der Waals surface area contributed by atoms with Crippen LogP contribution in [0.1, 0.15) is 12.8 Å². The summed E-state index contributed by atoms with van der Waals surface area (Å²) in [6, 6.07) is 8.45. The van der Waals surface area contributed by atoms with Crippen LogP contribution >= 0.6 is 34.8 Å². The van der Waals surface area contributed by atoms with Crippen molar-refractivity contribution in [3.63, 3.8) is 0 Å². The molecule has 0 aromatic heterocycles. The van der Waals surface area contributed by atoms with E-state index < -0.39 is 21.8 Å². The summed E-state index contributed by atoms with van der Waals surface area (Å²) in [7, 11) is -3.88. The van der Waals surface area contributed by atoms with Gasteiger partial charge in [-0.05, 0) is 43.2 Å². The van der Waals surface area contributed by atoms with Crippen molar-refractivity contribution in [2.24, 2.45) is 5.92 Å². The van der Waals surface area contributed by atoms with E-state index in [-0.39, 0.29) is 44.6 Å². The quantitative estimate of drug-likeness (QED) is 0.703. The normalized spacial score (nSPS) is 16.1. The number of hydrogen-bond acceptors (Lipinski definition) is 3. The minimum Gasteiger partial charge on any atom is -0.323 e. The molecule has 1 aliphatic heterocycles. The molecule has 2 aromatic rings. The lowest BCUT2D eigenvalue weighted by Gasteiger charge is -2.31. The number of hydrogen-bond donors (Lipinski definition) is 1. The van der Waals surface area contributed by atoms with Gasteiger partial charge in [-0.25, -0.2) is 12.8 Å². The minimum atomic E-state index is -3.88. The van der Waals surface area contributed by atoms with E-state index in [2.05, 4.69) is 5.32 Å². The molecule has 0 radical (unpaired) electrons. The van der Waals surface area contributed by atoms with E-state index in [9.17, 15) is 17.6 Å². The molecule has 0 unspecified atom stereocenters. The van der Waals surface area contributed by atoms with Gasteiger partial charge in [0.2, 0.25) is 15.9 Å². The van der Waals surface area contributed by atoms with Gasteiger partial charge in [-0.2, -0.15) is 4.31 Å². The number of nitrogens with one attached hydrogen (secondary N) is 1. The van der Waals surface area contributed by atoms with E-state index >= 15 is 0 Å². The molecule has 150 valence electrons. The number of carbonyl (C=O) groups is 1. The lowest BCUT2D eigenvalue weighted by Crippen LogP contribution is -2.41. The van der Waals surface area contributed by atoms with E-state index in [1.54, 1.807) is 6.07 Å². The van der Waals surface area contributed by atoms with Gasteiger partial charge >= 0.3 is 0 Å². The van der Waals surface area contributed by atoms with Gasteiger partial charge in [0.25, 0.3) is 0 Å². The zero-order chi connectivity index (χ0) is 20.5. The van der Waals surface area contributed by atoms with Crippen LogP contribution in [0.2, 0.25) is 15.1 Å². The van der Waals surface area contributed by atoms with Crippen LogP contribution in [0.25, 0.3) is 0 Å². The predicted octanol–water partition coefficient (Wildman–Crippen LogP) is 4.83. The van der Waals surface area contributed by atoms with E-state index in [1.807, 2.05) is 0 Å². The molecule has 0 atom stereocenters. The van der Waals surface area contributed by atoms with Gasteiger partial charge in [-0.3, -0.25) is 4.79 Å². The minimum absolute atomic E-state index is 0.0345. The number of sulfonamides is 1. The maximum atomic E-state index is 13.8. The van der Waals surface area contributed by atoms with Crippen LogP contribution in [0.4, 0.5) is 10.1 Å². The zero-order valence-electron chi connectivity index (χ0n) is 14.5. The van der Waals surface area contributed by atoms with Crippen LogP contribution < -0.4 is 5.32 Å².